The summed E-state index contributed by atoms with van der Waals surface area (Å²) >= 11 is 0. The molecule has 2 heteroatoms. The fourth-order valence-corrected chi connectivity index (χ4v) is 2.81. The Hall–Kier alpha value is -0.860. The zero-order valence-electron chi connectivity index (χ0n) is 11.3. The standard InChI is InChI=1S/C15H23NO/c1-11-5-7-14(8-6-11)15(17)9-13(3)16(4)10-12(15)2/h5-8,12-13,17H,9-10H2,1-4H3/t12-,13-,15+/m0/s1. The lowest BCUT2D eigenvalue weighted by Crippen LogP contribution is -2.51. The Bertz CT molecular complexity index is 386. The van der Waals surface area contributed by atoms with Crippen LogP contribution in [0.4, 0.5) is 0 Å². The fourth-order valence-electron chi connectivity index (χ4n) is 2.81. The van der Waals surface area contributed by atoms with Crippen molar-refractivity contribution >= 4 is 0 Å². The molecule has 3 atom stereocenters. The normalized spacial score (nSPS) is 34.9. The van der Waals surface area contributed by atoms with Crippen molar-refractivity contribution in [3.63, 3.8) is 0 Å². The first-order valence-corrected chi connectivity index (χ1v) is 6.43. The molecule has 1 aromatic rings. The molecule has 0 amide bonds. The highest BCUT2D eigenvalue weighted by Crippen LogP contribution is 2.39. The average Bonchev–Trinajstić information content (AvgIpc) is 2.27. The quantitative estimate of drug-likeness (QED) is 0.806. The molecule has 17 heavy (non-hydrogen) atoms. The van der Waals surface area contributed by atoms with Gasteiger partial charge in [-0.15, -0.1) is 0 Å². The van der Waals surface area contributed by atoms with Gasteiger partial charge in [-0.2, -0.15) is 0 Å². The van der Waals surface area contributed by atoms with Crippen molar-refractivity contribution in [1.82, 2.24) is 4.90 Å². The summed E-state index contributed by atoms with van der Waals surface area (Å²) in [5, 5.41) is 11.0. The molecule has 2 rings (SSSR count). The molecule has 0 unspecified atom stereocenters. The van der Waals surface area contributed by atoms with Crippen molar-refractivity contribution in [1.29, 1.82) is 0 Å². The van der Waals surface area contributed by atoms with Gasteiger partial charge in [0.1, 0.15) is 0 Å². The molecule has 0 aliphatic carbocycles. The molecule has 1 aliphatic heterocycles. The van der Waals surface area contributed by atoms with E-state index in [-0.39, 0.29) is 5.92 Å². The van der Waals surface area contributed by atoms with E-state index in [2.05, 4.69) is 57.0 Å². The van der Waals surface area contributed by atoms with Gasteiger partial charge in [0.05, 0.1) is 5.60 Å². The van der Waals surface area contributed by atoms with Crippen LogP contribution in [0.25, 0.3) is 0 Å². The molecule has 0 radical (unpaired) electrons. The first-order chi connectivity index (χ1) is 7.93. The maximum atomic E-state index is 11.0. The molecular formula is C15H23NO. The molecule has 1 N–H and O–H groups in total. The van der Waals surface area contributed by atoms with Gasteiger partial charge in [-0.05, 0) is 32.9 Å². The Kier molecular flexibility index (Phi) is 3.28. The summed E-state index contributed by atoms with van der Waals surface area (Å²) in [4.78, 5) is 2.33. The highest BCUT2D eigenvalue weighted by Gasteiger charge is 2.42. The Morgan fingerprint density at radius 1 is 1.24 bits per heavy atom. The molecule has 1 aliphatic rings. The zero-order valence-corrected chi connectivity index (χ0v) is 11.3. The smallest absolute Gasteiger partial charge is 0.0948 e. The minimum atomic E-state index is -0.667. The number of benzene rings is 1. The summed E-state index contributed by atoms with van der Waals surface area (Å²) in [5.74, 6) is 0.270. The van der Waals surface area contributed by atoms with Gasteiger partial charge in [-0.1, -0.05) is 36.8 Å². The second-order valence-corrected chi connectivity index (χ2v) is 5.68. The molecule has 1 heterocycles. The van der Waals surface area contributed by atoms with Gasteiger partial charge in [-0.3, -0.25) is 0 Å². The highest BCUT2D eigenvalue weighted by molar-refractivity contribution is 5.28. The number of hydrogen-bond acceptors (Lipinski definition) is 2. The van der Waals surface area contributed by atoms with Gasteiger partial charge in [0.25, 0.3) is 0 Å². The predicted molar refractivity (Wildman–Crippen MR) is 70.9 cm³/mol. The Morgan fingerprint density at radius 2 is 1.82 bits per heavy atom. The fraction of sp³-hybridized carbons (Fsp3) is 0.600. The first-order valence-electron chi connectivity index (χ1n) is 6.43. The van der Waals surface area contributed by atoms with Crippen LogP contribution < -0.4 is 0 Å². The van der Waals surface area contributed by atoms with Crippen molar-refractivity contribution in [2.24, 2.45) is 5.92 Å². The van der Waals surface area contributed by atoms with Crippen LogP contribution in [0.5, 0.6) is 0 Å². The van der Waals surface area contributed by atoms with Crippen LogP contribution in [0, 0.1) is 12.8 Å². The maximum absolute atomic E-state index is 11.0. The summed E-state index contributed by atoms with van der Waals surface area (Å²) in [5.41, 5.74) is 1.64. The molecule has 0 bridgehead atoms. The first kappa shape index (κ1) is 12.6. The SMILES string of the molecule is Cc1ccc([C@@]2(O)C[C@H](C)N(C)C[C@@H]2C)cc1. The Labute approximate surface area is 104 Å². The van der Waals surface area contributed by atoms with Crippen LogP contribution in [0.1, 0.15) is 31.4 Å². The number of aliphatic hydroxyl groups is 1. The lowest BCUT2D eigenvalue weighted by Gasteiger charge is -2.46. The number of nitrogens with zero attached hydrogens (tertiary/aromatic N) is 1. The lowest BCUT2D eigenvalue weighted by molar-refractivity contribution is -0.0843. The van der Waals surface area contributed by atoms with E-state index in [0.717, 1.165) is 18.5 Å². The Balaban J connectivity index is 2.31. The summed E-state index contributed by atoms with van der Waals surface area (Å²) in [7, 11) is 2.13. The van der Waals surface area contributed by atoms with Gasteiger partial charge < -0.3 is 10.0 Å². The lowest BCUT2D eigenvalue weighted by atomic mass is 9.74. The molecule has 1 saturated heterocycles. The van der Waals surface area contributed by atoms with E-state index in [0.29, 0.717) is 6.04 Å². The zero-order chi connectivity index (χ0) is 12.6. The van der Waals surface area contributed by atoms with E-state index in [4.69, 9.17) is 0 Å². The van der Waals surface area contributed by atoms with E-state index in [1.165, 1.54) is 5.56 Å². The highest BCUT2D eigenvalue weighted by atomic mass is 16.3. The molecule has 1 aromatic carbocycles. The van der Waals surface area contributed by atoms with Gasteiger partial charge >= 0.3 is 0 Å². The number of aryl methyl sites for hydroxylation is 1. The number of likely N-dealkylation sites (tertiary alicyclic amines) is 1. The summed E-state index contributed by atoms with van der Waals surface area (Å²) in [6.45, 7) is 7.35. The van der Waals surface area contributed by atoms with Gasteiger partial charge in [0.15, 0.2) is 0 Å². The van der Waals surface area contributed by atoms with Crippen LogP contribution >= 0.6 is 0 Å². The number of piperidine rings is 1. The van der Waals surface area contributed by atoms with Crippen LogP contribution in [0.3, 0.4) is 0 Å². The number of hydrogen-bond donors (Lipinski definition) is 1. The molecule has 0 saturated carbocycles. The van der Waals surface area contributed by atoms with E-state index in [9.17, 15) is 5.11 Å². The van der Waals surface area contributed by atoms with Gasteiger partial charge in [0, 0.05) is 18.5 Å². The minimum absolute atomic E-state index is 0.270. The van der Waals surface area contributed by atoms with E-state index < -0.39 is 5.60 Å². The Morgan fingerprint density at radius 3 is 2.41 bits per heavy atom. The second kappa shape index (κ2) is 4.43. The predicted octanol–water partition coefficient (Wildman–Crippen LogP) is 2.54. The summed E-state index contributed by atoms with van der Waals surface area (Å²) in [6.07, 6.45) is 0.813. The molecule has 0 aromatic heterocycles. The monoisotopic (exact) mass is 233 g/mol. The average molecular weight is 233 g/mol. The van der Waals surface area contributed by atoms with Gasteiger partial charge in [-0.25, -0.2) is 0 Å². The molecular weight excluding hydrogens is 210 g/mol. The largest absolute Gasteiger partial charge is 0.385 e. The minimum Gasteiger partial charge on any atom is -0.385 e. The van der Waals surface area contributed by atoms with Crippen molar-refractivity contribution in [3.05, 3.63) is 35.4 Å². The van der Waals surface area contributed by atoms with Gasteiger partial charge in [0.2, 0.25) is 0 Å². The molecule has 94 valence electrons. The van der Waals surface area contributed by atoms with Crippen molar-refractivity contribution in [3.8, 4) is 0 Å². The molecule has 0 spiro atoms. The van der Waals surface area contributed by atoms with E-state index >= 15 is 0 Å². The van der Waals surface area contributed by atoms with Crippen LogP contribution in [0.15, 0.2) is 24.3 Å². The molecule has 2 nitrogen and oxygen atoms in total. The topological polar surface area (TPSA) is 23.5 Å². The summed E-state index contributed by atoms with van der Waals surface area (Å²) in [6, 6.07) is 8.75. The van der Waals surface area contributed by atoms with Crippen LogP contribution in [0.2, 0.25) is 0 Å². The number of rotatable bonds is 1. The molecule has 1 fully saturated rings. The second-order valence-electron chi connectivity index (χ2n) is 5.68. The third-order valence-corrected chi connectivity index (χ3v) is 4.29. The third-order valence-electron chi connectivity index (χ3n) is 4.29. The van der Waals surface area contributed by atoms with Crippen molar-refractivity contribution in [2.45, 2.75) is 38.8 Å². The van der Waals surface area contributed by atoms with Crippen molar-refractivity contribution < 1.29 is 5.11 Å². The van der Waals surface area contributed by atoms with E-state index in [1.807, 2.05) is 0 Å². The van der Waals surface area contributed by atoms with Crippen LogP contribution in [-0.4, -0.2) is 29.6 Å². The van der Waals surface area contributed by atoms with Crippen LogP contribution in [-0.2, 0) is 5.60 Å². The maximum Gasteiger partial charge on any atom is 0.0948 e. The van der Waals surface area contributed by atoms with E-state index in [1.54, 1.807) is 0 Å². The van der Waals surface area contributed by atoms with Crippen molar-refractivity contribution in [2.75, 3.05) is 13.6 Å². The summed E-state index contributed by atoms with van der Waals surface area (Å²) < 4.78 is 0. The third kappa shape index (κ3) is 2.24.